The Bertz CT molecular complexity index is 589. The third-order valence-corrected chi connectivity index (χ3v) is 4.21. The van der Waals surface area contributed by atoms with E-state index < -0.39 is 0 Å². The van der Waals surface area contributed by atoms with Crippen LogP contribution >= 0.6 is 11.6 Å². The molecule has 3 nitrogen and oxygen atoms in total. The molecule has 0 fully saturated rings. The van der Waals surface area contributed by atoms with Crippen molar-refractivity contribution in [2.75, 3.05) is 5.88 Å². The number of aromatic nitrogens is 3. The summed E-state index contributed by atoms with van der Waals surface area (Å²) in [7, 11) is 0. The van der Waals surface area contributed by atoms with Gasteiger partial charge in [0.05, 0.1) is 0 Å². The molecule has 0 N–H and O–H groups in total. The van der Waals surface area contributed by atoms with E-state index in [0.29, 0.717) is 11.9 Å². The lowest BCUT2D eigenvalue weighted by molar-refractivity contribution is 0.444. The summed E-state index contributed by atoms with van der Waals surface area (Å²) in [4.78, 5) is 9.35. The summed E-state index contributed by atoms with van der Waals surface area (Å²) < 4.78 is 2.30. The van der Waals surface area contributed by atoms with E-state index in [9.17, 15) is 0 Å². The maximum Gasteiger partial charge on any atom is 0.160 e. The van der Waals surface area contributed by atoms with Crippen molar-refractivity contribution >= 4 is 22.8 Å². The molecule has 1 unspecified atom stereocenters. The van der Waals surface area contributed by atoms with Gasteiger partial charge in [-0.25, -0.2) is 9.97 Å². The lowest BCUT2D eigenvalue weighted by Gasteiger charge is -2.17. The molecule has 0 amide bonds. The molecule has 0 radical (unpaired) electrons. The fourth-order valence-corrected chi connectivity index (χ4v) is 3.00. The van der Waals surface area contributed by atoms with Crippen molar-refractivity contribution in [2.24, 2.45) is 5.92 Å². The van der Waals surface area contributed by atoms with Crippen molar-refractivity contribution in [3.05, 3.63) is 23.7 Å². The van der Waals surface area contributed by atoms with Gasteiger partial charge >= 0.3 is 0 Å². The first kappa shape index (κ1) is 16.3. The van der Waals surface area contributed by atoms with Gasteiger partial charge in [0.25, 0.3) is 0 Å². The molecule has 4 heteroatoms. The first-order chi connectivity index (χ1) is 10.0. The highest BCUT2D eigenvalue weighted by molar-refractivity contribution is 6.17. The van der Waals surface area contributed by atoms with Gasteiger partial charge in [-0.05, 0) is 37.8 Å². The van der Waals surface area contributed by atoms with Crippen LogP contribution in [0.4, 0.5) is 0 Å². The average Bonchev–Trinajstić information content (AvgIpc) is 2.78. The van der Waals surface area contributed by atoms with E-state index in [0.717, 1.165) is 35.7 Å². The average molecular weight is 308 g/mol. The number of nitrogens with zero attached hydrogens (tertiary/aromatic N) is 3. The molecule has 0 spiro atoms. The van der Waals surface area contributed by atoms with Crippen LogP contribution in [0.15, 0.2) is 12.3 Å². The topological polar surface area (TPSA) is 30.7 Å². The molecule has 0 aromatic carbocycles. The largest absolute Gasteiger partial charge is 0.310 e. The van der Waals surface area contributed by atoms with E-state index in [2.05, 4.69) is 37.2 Å². The Hall–Kier alpha value is -1.09. The number of halogens is 1. The Kier molecular flexibility index (Phi) is 5.63. The van der Waals surface area contributed by atoms with Crippen LogP contribution in [0, 0.1) is 12.8 Å². The zero-order valence-corrected chi connectivity index (χ0v) is 14.3. The second-order valence-corrected chi connectivity index (χ2v) is 6.69. The Morgan fingerprint density at radius 2 is 2.00 bits per heavy atom. The Morgan fingerprint density at radius 3 is 2.67 bits per heavy atom. The maximum absolute atomic E-state index is 5.95. The molecule has 2 heterocycles. The van der Waals surface area contributed by atoms with Crippen LogP contribution in [0.3, 0.4) is 0 Å². The van der Waals surface area contributed by atoms with Crippen LogP contribution in [-0.2, 0) is 6.42 Å². The summed E-state index contributed by atoms with van der Waals surface area (Å²) in [5.41, 5.74) is 3.21. The van der Waals surface area contributed by atoms with Gasteiger partial charge < -0.3 is 4.57 Å². The minimum atomic E-state index is 0.418. The molecule has 116 valence electrons. The molecule has 2 aromatic heterocycles. The molecule has 2 aromatic rings. The van der Waals surface area contributed by atoms with Gasteiger partial charge in [-0.3, -0.25) is 0 Å². The molecular formula is C17H26ClN3. The number of aryl methyl sites for hydroxylation is 2. The monoisotopic (exact) mass is 307 g/mol. The normalized spacial score (nSPS) is 13.2. The smallest absolute Gasteiger partial charge is 0.160 e. The highest BCUT2D eigenvalue weighted by atomic mass is 35.5. The van der Waals surface area contributed by atoms with E-state index >= 15 is 0 Å². The summed E-state index contributed by atoms with van der Waals surface area (Å²) in [6, 6.07) is 2.44. The number of imidazole rings is 1. The molecule has 0 bridgehead atoms. The number of rotatable bonds is 7. The summed E-state index contributed by atoms with van der Waals surface area (Å²) in [5, 5.41) is 0. The van der Waals surface area contributed by atoms with Crippen LogP contribution < -0.4 is 0 Å². The van der Waals surface area contributed by atoms with Gasteiger partial charge in [0.15, 0.2) is 5.65 Å². The second kappa shape index (κ2) is 7.26. The highest BCUT2D eigenvalue weighted by Crippen LogP contribution is 2.26. The van der Waals surface area contributed by atoms with Crippen LogP contribution in [0.5, 0.6) is 0 Å². The molecule has 1 atom stereocenters. The summed E-state index contributed by atoms with van der Waals surface area (Å²) in [6.45, 7) is 8.92. The summed E-state index contributed by atoms with van der Waals surface area (Å²) in [6.07, 6.45) is 6.35. The standard InChI is InChI=1S/C17H26ClN3/c1-12(2)6-5-7-14(4)21-15(8-10-18)20-16-13(3)9-11-19-17(16)21/h9,11-12,14H,5-8,10H2,1-4H3. The zero-order valence-electron chi connectivity index (χ0n) is 13.6. The van der Waals surface area contributed by atoms with E-state index in [1.165, 1.54) is 18.4 Å². The lowest BCUT2D eigenvalue weighted by atomic mass is 10.0. The van der Waals surface area contributed by atoms with Crippen LogP contribution in [0.1, 0.15) is 57.5 Å². The van der Waals surface area contributed by atoms with E-state index in [1.807, 2.05) is 12.3 Å². The zero-order chi connectivity index (χ0) is 15.4. The molecule has 0 aliphatic rings. The van der Waals surface area contributed by atoms with Crippen LogP contribution in [0.25, 0.3) is 11.2 Å². The van der Waals surface area contributed by atoms with Gasteiger partial charge in [0, 0.05) is 24.5 Å². The molecule has 21 heavy (non-hydrogen) atoms. The molecule has 0 aliphatic carbocycles. The third-order valence-electron chi connectivity index (χ3n) is 4.02. The minimum Gasteiger partial charge on any atom is -0.310 e. The Balaban J connectivity index is 2.31. The number of fused-ring (bicyclic) bond motifs is 1. The SMILES string of the molecule is Cc1ccnc2c1nc(CCCl)n2C(C)CCCC(C)C. The van der Waals surface area contributed by atoms with E-state index in [-0.39, 0.29) is 0 Å². The van der Waals surface area contributed by atoms with Gasteiger partial charge in [-0.1, -0.05) is 26.7 Å². The lowest BCUT2D eigenvalue weighted by Crippen LogP contribution is -2.11. The van der Waals surface area contributed by atoms with Crippen LogP contribution in [0.2, 0.25) is 0 Å². The van der Waals surface area contributed by atoms with Gasteiger partial charge in [0.1, 0.15) is 11.3 Å². The molecule has 0 aliphatic heterocycles. The third kappa shape index (κ3) is 3.76. The predicted octanol–water partition coefficient (Wildman–Crippen LogP) is 4.91. The first-order valence-corrected chi connectivity index (χ1v) is 8.46. The Morgan fingerprint density at radius 1 is 1.24 bits per heavy atom. The highest BCUT2D eigenvalue weighted by Gasteiger charge is 2.17. The van der Waals surface area contributed by atoms with Crippen LogP contribution in [-0.4, -0.2) is 20.4 Å². The van der Waals surface area contributed by atoms with E-state index in [4.69, 9.17) is 16.6 Å². The Labute approximate surface area is 132 Å². The first-order valence-electron chi connectivity index (χ1n) is 7.93. The number of alkyl halides is 1. The number of hydrogen-bond acceptors (Lipinski definition) is 2. The van der Waals surface area contributed by atoms with Crippen molar-refractivity contribution in [2.45, 2.75) is 59.4 Å². The van der Waals surface area contributed by atoms with Crippen molar-refractivity contribution in [3.63, 3.8) is 0 Å². The van der Waals surface area contributed by atoms with Crippen molar-refractivity contribution in [1.82, 2.24) is 14.5 Å². The summed E-state index contributed by atoms with van der Waals surface area (Å²) in [5.74, 6) is 2.43. The van der Waals surface area contributed by atoms with Crippen molar-refractivity contribution in [3.8, 4) is 0 Å². The van der Waals surface area contributed by atoms with E-state index in [1.54, 1.807) is 0 Å². The maximum atomic E-state index is 5.95. The molecule has 2 rings (SSSR count). The molecule has 0 saturated heterocycles. The quantitative estimate of drug-likeness (QED) is 0.681. The van der Waals surface area contributed by atoms with Gasteiger partial charge in [0.2, 0.25) is 0 Å². The number of pyridine rings is 1. The minimum absolute atomic E-state index is 0.418. The molecular weight excluding hydrogens is 282 g/mol. The summed E-state index contributed by atoms with van der Waals surface area (Å²) >= 11 is 5.95. The predicted molar refractivity (Wildman–Crippen MR) is 90.1 cm³/mol. The van der Waals surface area contributed by atoms with Gasteiger partial charge in [-0.15, -0.1) is 11.6 Å². The molecule has 0 saturated carbocycles. The van der Waals surface area contributed by atoms with Gasteiger partial charge in [-0.2, -0.15) is 0 Å². The fourth-order valence-electron chi connectivity index (χ4n) is 2.83. The fraction of sp³-hybridized carbons (Fsp3) is 0.647. The van der Waals surface area contributed by atoms with Crippen molar-refractivity contribution < 1.29 is 0 Å². The second-order valence-electron chi connectivity index (χ2n) is 6.31. The number of hydrogen-bond donors (Lipinski definition) is 0. The van der Waals surface area contributed by atoms with Crippen molar-refractivity contribution in [1.29, 1.82) is 0 Å².